The van der Waals surface area contributed by atoms with Gasteiger partial charge in [0.1, 0.15) is 0 Å². The number of hydrogen-bond acceptors (Lipinski definition) is 5. The summed E-state index contributed by atoms with van der Waals surface area (Å²) in [6.07, 6.45) is 0. The highest BCUT2D eigenvalue weighted by atomic mass is 35.5. The van der Waals surface area contributed by atoms with E-state index in [1.54, 1.807) is 0 Å². The fourth-order valence-electron chi connectivity index (χ4n) is 2.28. The highest BCUT2D eigenvalue weighted by molar-refractivity contribution is 8.00. The molecular formula is C14H16ClN3OS. The molecule has 3 rings (SSSR count). The molecule has 1 fully saturated rings. The van der Waals surface area contributed by atoms with Gasteiger partial charge in [-0.25, -0.2) is 0 Å². The SMILES string of the molecule is CC1SCCN(c2nc(-c3cccc(Cl)c3)no2)C1C. The molecule has 4 nitrogen and oxygen atoms in total. The third kappa shape index (κ3) is 2.65. The zero-order valence-corrected chi connectivity index (χ0v) is 13.0. The summed E-state index contributed by atoms with van der Waals surface area (Å²) < 4.78 is 5.43. The van der Waals surface area contributed by atoms with E-state index < -0.39 is 0 Å². The number of anilines is 1. The lowest BCUT2D eigenvalue weighted by molar-refractivity contribution is 0.403. The van der Waals surface area contributed by atoms with Gasteiger partial charge < -0.3 is 9.42 Å². The molecule has 2 atom stereocenters. The van der Waals surface area contributed by atoms with Crippen LogP contribution in [0.5, 0.6) is 0 Å². The number of hydrogen-bond donors (Lipinski definition) is 0. The molecule has 0 N–H and O–H groups in total. The molecule has 6 heteroatoms. The van der Waals surface area contributed by atoms with Crippen molar-refractivity contribution in [2.24, 2.45) is 0 Å². The van der Waals surface area contributed by atoms with Gasteiger partial charge in [-0.3, -0.25) is 0 Å². The van der Waals surface area contributed by atoms with E-state index in [1.807, 2.05) is 36.0 Å². The largest absolute Gasteiger partial charge is 0.324 e. The lowest BCUT2D eigenvalue weighted by Crippen LogP contribution is -2.44. The highest BCUT2D eigenvalue weighted by Crippen LogP contribution is 2.29. The number of halogens is 1. The second-order valence-electron chi connectivity index (χ2n) is 4.92. The maximum atomic E-state index is 5.99. The lowest BCUT2D eigenvalue weighted by Gasteiger charge is -2.35. The van der Waals surface area contributed by atoms with Crippen LogP contribution in [0.4, 0.5) is 6.01 Å². The van der Waals surface area contributed by atoms with E-state index in [0.717, 1.165) is 17.9 Å². The van der Waals surface area contributed by atoms with Crippen LogP contribution in [0.3, 0.4) is 0 Å². The molecule has 1 aliphatic rings. The van der Waals surface area contributed by atoms with Gasteiger partial charge in [-0.1, -0.05) is 35.8 Å². The van der Waals surface area contributed by atoms with Crippen LogP contribution < -0.4 is 4.90 Å². The molecule has 2 aromatic rings. The third-order valence-corrected chi connectivity index (χ3v) is 5.20. The van der Waals surface area contributed by atoms with Crippen LogP contribution in [-0.2, 0) is 0 Å². The van der Waals surface area contributed by atoms with Crippen LogP contribution in [0.2, 0.25) is 5.02 Å². The zero-order chi connectivity index (χ0) is 14.1. The minimum Gasteiger partial charge on any atom is -0.320 e. The highest BCUT2D eigenvalue weighted by Gasteiger charge is 2.29. The van der Waals surface area contributed by atoms with Crippen LogP contribution in [0.25, 0.3) is 11.4 Å². The predicted octanol–water partition coefficient (Wildman–Crippen LogP) is 3.72. The number of nitrogens with zero attached hydrogens (tertiary/aromatic N) is 3. The number of benzene rings is 1. The summed E-state index contributed by atoms with van der Waals surface area (Å²) in [5, 5.41) is 5.30. The molecule has 0 bridgehead atoms. The summed E-state index contributed by atoms with van der Waals surface area (Å²) >= 11 is 7.97. The van der Waals surface area contributed by atoms with Crippen molar-refractivity contribution < 1.29 is 4.52 Å². The molecule has 1 saturated heterocycles. The molecule has 2 unspecified atom stereocenters. The first-order valence-corrected chi connectivity index (χ1v) is 8.06. The molecule has 0 saturated carbocycles. The van der Waals surface area contributed by atoms with Crippen LogP contribution in [0.1, 0.15) is 13.8 Å². The molecule has 0 amide bonds. The Morgan fingerprint density at radius 3 is 3.05 bits per heavy atom. The van der Waals surface area contributed by atoms with Gasteiger partial charge in [-0.05, 0) is 19.1 Å². The fraction of sp³-hybridized carbons (Fsp3) is 0.429. The standard InChI is InChI=1S/C14H16ClN3OS/c1-9-10(2)20-7-6-18(9)14-16-13(17-19-14)11-4-3-5-12(15)8-11/h3-5,8-10H,6-7H2,1-2H3. The minimum absolute atomic E-state index is 0.390. The molecule has 0 aliphatic carbocycles. The summed E-state index contributed by atoms with van der Waals surface area (Å²) in [5.74, 6) is 1.67. The summed E-state index contributed by atoms with van der Waals surface area (Å²) in [6, 6.07) is 8.47. The summed E-state index contributed by atoms with van der Waals surface area (Å²) in [4.78, 5) is 6.69. The van der Waals surface area contributed by atoms with Gasteiger partial charge in [0.2, 0.25) is 5.82 Å². The Labute approximate surface area is 127 Å². The first-order chi connectivity index (χ1) is 9.65. The van der Waals surface area contributed by atoms with E-state index >= 15 is 0 Å². The topological polar surface area (TPSA) is 42.2 Å². The zero-order valence-electron chi connectivity index (χ0n) is 11.4. The van der Waals surface area contributed by atoms with Crippen molar-refractivity contribution in [1.82, 2.24) is 10.1 Å². The minimum atomic E-state index is 0.390. The molecule has 20 heavy (non-hydrogen) atoms. The van der Waals surface area contributed by atoms with E-state index in [9.17, 15) is 0 Å². The van der Waals surface area contributed by atoms with Crippen molar-refractivity contribution >= 4 is 29.4 Å². The van der Waals surface area contributed by atoms with E-state index in [4.69, 9.17) is 16.1 Å². The average Bonchev–Trinajstić information content (AvgIpc) is 2.91. The monoisotopic (exact) mass is 309 g/mol. The van der Waals surface area contributed by atoms with Gasteiger partial charge in [0, 0.05) is 34.2 Å². The fourth-order valence-corrected chi connectivity index (χ4v) is 3.57. The molecule has 1 aromatic heterocycles. The van der Waals surface area contributed by atoms with Crippen LogP contribution in [0, 0.1) is 0 Å². The van der Waals surface area contributed by atoms with Gasteiger partial charge in [-0.2, -0.15) is 16.7 Å². The Morgan fingerprint density at radius 2 is 2.25 bits per heavy atom. The number of aromatic nitrogens is 2. The Kier molecular flexibility index (Phi) is 3.89. The summed E-state index contributed by atoms with van der Waals surface area (Å²) in [6.45, 7) is 5.36. The van der Waals surface area contributed by atoms with Crippen molar-refractivity contribution in [2.45, 2.75) is 25.1 Å². The lowest BCUT2D eigenvalue weighted by atomic mass is 10.2. The van der Waals surface area contributed by atoms with E-state index in [-0.39, 0.29) is 0 Å². The van der Waals surface area contributed by atoms with Crippen LogP contribution in [0.15, 0.2) is 28.8 Å². The van der Waals surface area contributed by atoms with Crippen LogP contribution in [-0.4, -0.2) is 33.7 Å². The van der Waals surface area contributed by atoms with E-state index in [1.165, 1.54) is 0 Å². The quantitative estimate of drug-likeness (QED) is 0.845. The predicted molar refractivity (Wildman–Crippen MR) is 83.5 cm³/mol. The molecule has 106 valence electrons. The van der Waals surface area contributed by atoms with Crippen LogP contribution >= 0.6 is 23.4 Å². The van der Waals surface area contributed by atoms with Gasteiger partial charge in [-0.15, -0.1) is 0 Å². The summed E-state index contributed by atoms with van der Waals surface area (Å²) in [7, 11) is 0. The van der Waals surface area contributed by atoms with Gasteiger partial charge in [0.15, 0.2) is 0 Å². The maximum Gasteiger partial charge on any atom is 0.324 e. The van der Waals surface area contributed by atoms with Crippen molar-refractivity contribution in [3.63, 3.8) is 0 Å². The number of thioether (sulfide) groups is 1. The molecule has 2 heterocycles. The van der Waals surface area contributed by atoms with E-state index in [2.05, 4.69) is 28.9 Å². The summed E-state index contributed by atoms with van der Waals surface area (Å²) in [5.41, 5.74) is 0.875. The van der Waals surface area contributed by atoms with Gasteiger partial charge >= 0.3 is 6.01 Å². The van der Waals surface area contributed by atoms with Crippen molar-refractivity contribution in [2.75, 3.05) is 17.2 Å². The smallest absolute Gasteiger partial charge is 0.320 e. The Bertz CT molecular complexity index is 604. The average molecular weight is 310 g/mol. The van der Waals surface area contributed by atoms with Crippen molar-refractivity contribution in [3.05, 3.63) is 29.3 Å². The Hall–Kier alpha value is -1.20. The number of rotatable bonds is 2. The molecule has 1 aromatic carbocycles. The van der Waals surface area contributed by atoms with E-state index in [0.29, 0.717) is 28.2 Å². The Morgan fingerprint density at radius 1 is 1.40 bits per heavy atom. The maximum absolute atomic E-state index is 5.99. The van der Waals surface area contributed by atoms with Crippen molar-refractivity contribution in [1.29, 1.82) is 0 Å². The van der Waals surface area contributed by atoms with Gasteiger partial charge in [0.25, 0.3) is 0 Å². The first kappa shape index (κ1) is 13.8. The molecular weight excluding hydrogens is 294 g/mol. The third-order valence-electron chi connectivity index (χ3n) is 3.63. The Balaban J connectivity index is 1.86. The first-order valence-electron chi connectivity index (χ1n) is 6.63. The molecule has 0 spiro atoms. The second-order valence-corrected chi connectivity index (χ2v) is 6.84. The normalized spacial score (nSPS) is 23.1. The van der Waals surface area contributed by atoms with Gasteiger partial charge in [0.05, 0.1) is 0 Å². The molecule has 0 radical (unpaired) electrons. The van der Waals surface area contributed by atoms with Crippen molar-refractivity contribution in [3.8, 4) is 11.4 Å². The second kappa shape index (κ2) is 5.66. The molecule has 1 aliphatic heterocycles.